The number of rotatable bonds is 2. The van der Waals surface area contributed by atoms with Gasteiger partial charge in [-0.1, -0.05) is 25.2 Å². The van der Waals surface area contributed by atoms with Crippen LogP contribution in [0.5, 0.6) is 0 Å². The van der Waals surface area contributed by atoms with Crippen LogP contribution in [0.2, 0.25) is 0 Å². The average Bonchev–Trinajstić information content (AvgIpc) is 2.32. The first-order chi connectivity index (χ1) is 8.49. The highest BCUT2D eigenvalue weighted by molar-refractivity contribution is 6.23. The molecule has 0 radical (unpaired) electrons. The fourth-order valence-corrected chi connectivity index (χ4v) is 2.15. The number of Topliss-reactive ketones (excluding diaryl/α,β-unsaturated/α-hetero) is 1. The maximum absolute atomic E-state index is 13.0. The molecule has 0 N–H and O–H groups in total. The lowest BCUT2D eigenvalue weighted by Gasteiger charge is -2.17. The molecular weight excluding hydrogens is 251 g/mol. The van der Waals surface area contributed by atoms with E-state index in [-0.39, 0.29) is 22.9 Å². The van der Waals surface area contributed by atoms with Gasteiger partial charge in [0.2, 0.25) is 0 Å². The molecule has 1 aromatic carbocycles. The van der Waals surface area contributed by atoms with Crippen molar-refractivity contribution in [1.29, 1.82) is 0 Å². The van der Waals surface area contributed by atoms with Crippen LogP contribution in [0.25, 0.3) is 0 Å². The number of hydrogen-bond acceptors (Lipinski definition) is 1. The second-order valence-electron chi connectivity index (χ2n) is 4.57. The Kier molecular flexibility index (Phi) is 3.67. The Hall–Kier alpha value is -1.41. The van der Waals surface area contributed by atoms with Crippen LogP contribution in [0.3, 0.4) is 0 Å². The van der Waals surface area contributed by atoms with E-state index in [2.05, 4.69) is 0 Å². The SMILES string of the molecule is Cc1cc(F)ccc1C(=O)C1=CC(Cl)C(C)C=C1. The third-order valence-corrected chi connectivity index (χ3v) is 3.64. The number of carbonyl (C=O) groups is 1. The predicted molar refractivity (Wildman–Crippen MR) is 71.5 cm³/mol. The van der Waals surface area contributed by atoms with Crippen molar-refractivity contribution in [1.82, 2.24) is 0 Å². The minimum Gasteiger partial charge on any atom is -0.289 e. The monoisotopic (exact) mass is 264 g/mol. The van der Waals surface area contributed by atoms with Gasteiger partial charge in [-0.05, 0) is 36.6 Å². The van der Waals surface area contributed by atoms with E-state index in [1.807, 2.05) is 13.0 Å². The number of halogens is 2. The van der Waals surface area contributed by atoms with Gasteiger partial charge in [0.15, 0.2) is 5.78 Å². The molecule has 0 aromatic heterocycles. The van der Waals surface area contributed by atoms with E-state index in [0.717, 1.165) is 0 Å². The highest BCUT2D eigenvalue weighted by Crippen LogP contribution is 2.24. The van der Waals surface area contributed by atoms with Crippen molar-refractivity contribution in [2.45, 2.75) is 19.2 Å². The Morgan fingerprint density at radius 3 is 2.72 bits per heavy atom. The lowest BCUT2D eigenvalue weighted by Crippen LogP contribution is -2.14. The van der Waals surface area contributed by atoms with Crippen LogP contribution in [0, 0.1) is 18.7 Å². The average molecular weight is 265 g/mol. The smallest absolute Gasteiger partial charge is 0.193 e. The largest absolute Gasteiger partial charge is 0.289 e. The normalized spacial score (nSPS) is 22.8. The first-order valence-electron chi connectivity index (χ1n) is 5.84. The fraction of sp³-hybridized carbons (Fsp3) is 0.267. The van der Waals surface area contributed by atoms with Crippen LogP contribution in [0.15, 0.2) is 42.0 Å². The highest BCUT2D eigenvalue weighted by atomic mass is 35.5. The van der Waals surface area contributed by atoms with Gasteiger partial charge >= 0.3 is 0 Å². The predicted octanol–water partition coefficient (Wildman–Crippen LogP) is 4.06. The van der Waals surface area contributed by atoms with Crippen LogP contribution in [0.1, 0.15) is 22.8 Å². The maximum Gasteiger partial charge on any atom is 0.193 e. The first kappa shape index (κ1) is 13.0. The summed E-state index contributed by atoms with van der Waals surface area (Å²) < 4.78 is 13.0. The number of aryl methyl sites for hydroxylation is 1. The van der Waals surface area contributed by atoms with Gasteiger partial charge in [-0.2, -0.15) is 0 Å². The van der Waals surface area contributed by atoms with Crippen molar-refractivity contribution < 1.29 is 9.18 Å². The molecule has 2 rings (SSSR count). The van der Waals surface area contributed by atoms with E-state index in [1.165, 1.54) is 18.2 Å². The maximum atomic E-state index is 13.0. The van der Waals surface area contributed by atoms with Crippen LogP contribution in [-0.2, 0) is 0 Å². The number of benzene rings is 1. The van der Waals surface area contributed by atoms with Crippen LogP contribution >= 0.6 is 11.6 Å². The second-order valence-corrected chi connectivity index (χ2v) is 5.08. The molecule has 2 unspecified atom stereocenters. The summed E-state index contributed by atoms with van der Waals surface area (Å²) in [6.07, 6.45) is 5.47. The van der Waals surface area contributed by atoms with Crippen molar-refractivity contribution >= 4 is 17.4 Å². The van der Waals surface area contributed by atoms with Crippen molar-refractivity contribution in [2.24, 2.45) is 5.92 Å². The van der Waals surface area contributed by atoms with Crippen LogP contribution in [0.4, 0.5) is 4.39 Å². The zero-order valence-electron chi connectivity index (χ0n) is 10.3. The minimum atomic E-state index is -0.332. The Balaban J connectivity index is 2.33. The van der Waals surface area contributed by atoms with Crippen molar-refractivity contribution in [3.05, 3.63) is 58.9 Å². The van der Waals surface area contributed by atoms with E-state index < -0.39 is 0 Å². The van der Waals surface area contributed by atoms with Gasteiger partial charge in [0.1, 0.15) is 5.82 Å². The van der Waals surface area contributed by atoms with E-state index in [4.69, 9.17) is 11.6 Å². The fourth-order valence-electron chi connectivity index (χ4n) is 1.93. The number of hydrogen-bond donors (Lipinski definition) is 0. The van der Waals surface area contributed by atoms with Crippen LogP contribution in [-0.4, -0.2) is 11.2 Å². The van der Waals surface area contributed by atoms with Crippen molar-refractivity contribution in [3.8, 4) is 0 Å². The lowest BCUT2D eigenvalue weighted by atomic mass is 9.92. The molecule has 1 aliphatic rings. The quantitative estimate of drug-likeness (QED) is 0.582. The topological polar surface area (TPSA) is 17.1 Å². The molecule has 1 aliphatic carbocycles. The summed E-state index contributed by atoms with van der Waals surface area (Å²) in [6.45, 7) is 3.72. The summed E-state index contributed by atoms with van der Waals surface area (Å²) in [5.41, 5.74) is 1.73. The molecule has 0 fully saturated rings. The molecule has 1 aromatic rings. The molecule has 94 valence electrons. The summed E-state index contributed by atoms with van der Waals surface area (Å²) in [4.78, 5) is 12.3. The summed E-state index contributed by atoms with van der Waals surface area (Å²) >= 11 is 6.12. The van der Waals surface area contributed by atoms with Gasteiger partial charge in [0, 0.05) is 11.1 Å². The Labute approximate surface area is 111 Å². The molecule has 18 heavy (non-hydrogen) atoms. The Morgan fingerprint density at radius 2 is 2.11 bits per heavy atom. The van der Waals surface area contributed by atoms with Gasteiger partial charge in [-0.3, -0.25) is 4.79 Å². The summed E-state index contributed by atoms with van der Waals surface area (Å²) in [5.74, 6) is -0.222. The standard InChI is InChI=1S/C15H14ClFO/c1-9-3-4-11(8-14(9)16)15(18)13-6-5-12(17)7-10(13)2/h3-9,14H,1-2H3. The van der Waals surface area contributed by atoms with E-state index >= 15 is 0 Å². The molecule has 1 nitrogen and oxygen atoms in total. The molecule has 0 spiro atoms. The van der Waals surface area contributed by atoms with Gasteiger partial charge in [0.25, 0.3) is 0 Å². The zero-order valence-corrected chi connectivity index (χ0v) is 11.0. The van der Waals surface area contributed by atoms with Crippen LogP contribution < -0.4 is 0 Å². The summed E-state index contributed by atoms with van der Waals surface area (Å²) in [5, 5.41) is -0.172. The number of ketones is 1. The van der Waals surface area contributed by atoms with Gasteiger partial charge in [-0.15, -0.1) is 11.6 Å². The van der Waals surface area contributed by atoms with E-state index in [9.17, 15) is 9.18 Å². The molecule has 0 saturated carbocycles. The van der Waals surface area contributed by atoms with Gasteiger partial charge < -0.3 is 0 Å². The molecule has 0 heterocycles. The zero-order chi connectivity index (χ0) is 13.3. The minimum absolute atomic E-state index is 0.110. The van der Waals surface area contributed by atoms with Gasteiger partial charge in [-0.25, -0.2) is 4.39 Å². The third-order valence-electron chi connectivity index (χ3n) is 3.12. The highest BCUT2D eigenvalue weighted by Gasteiger charge is 2.20. The second kappa shape index (κ2) is 5.07. The number of carbonyl (C=O) groups excluding carboxylic acids is 1. The molecule has 0 amide bonds. The van der Waals surface area contributed by atoms with E-state index in [0.29, 0.717) is 16.7 Å². The Morgan fingerprint density at radius 1 is 1.39 bits per heavy atom. The molecular formula is C15H14ClFO. The molecule has 2 atom stereocenters. The number of allylic oxidation sites excluding steroid dienone is 4. The third kappa shape index (κ3) is 2.54. The van der Waals surface area contributed by atoms with Crippen molar-refractivity contribution in [3.63, 3.8) is 0 Å². The molecule has 0 aliphatic heterocycles. The first-order valence-corrected chi connectivity index (χ1v) is 6.27. The summed E-state index contributed by atoms with van der Waals surface area (Å²) in [7, 11) is 0. The molecule has 3 heteroatoms. The van der Waals surface area contributed by atoms with Gasteiger partial charge in [0.05, 0.1) is 5.38 Å². The van der Waals surface area contributed by atoms with E-state index in [1.54, 1.807) is 19.1 Å². The molecule has 0 saturated heterocycles. The Bertz CT molecular complexity index is 545. The summed E-state index contributed by atoms with van der Waals surface area (Å²) in [6, 6.07) is 4.18. The lowest BCUT2D eigenvalue weighted by molar-refractivity contribution is 0.103. The van der Waals surface area contributed by atoms with Crippen molar-refractivity contribution in [2.75, 3.05) is 0 Å². The molecule has 0 bridgehead atoms. The number of alkyl halides is 1.